The summed E-state index contributed by atoms with van der Waals surface area (Å²) in [5.74, 6) is -0.996. The fourth-order valence-electron chi connectivity index (χ4n) is 3.43. The Hall–Kier alpha value is -4.13. The summed E-state index contributed by atoms with van der Waals surface area (Å²) in [5.41, 5.74) is -0.772. The molecule has 0 aliphatic carbocycles. The lowest BCUT2D eigenvalue weighted by Gasteiger charge is -2.14. The van der Waals surface area contributed by atoms with Crippen molar-refractivity contribution in [3.05, 3.63) is 82.2 Å². The zero-order valence-corrected chi connectivity index (χ0v) is 18.4. The minimum Gasteiger partial charge on any atom is -0.494 e. The molecule has 0 atom stereocenters. The molecule has 1 heterocycles. The molecule has 0 spiro atoms. The topological polar surface area (TPSA) is 92.0 Å². The predicted octanol–water partition coefficient (Wildman–Crippen LogP) is 5.13. The van der Waals surface area contributed by atoms with Gasteiger partial charge in [-0.25, -0.2) is 14.4 Å². The highest BCUT2D eigenvalue weighted by Gasteiger charge is 2.23. The molecule has 0 aliphatic heterocycles. The summed E-state index contributed by atoms with van der Waals surface area (Å²) >= 11 is 0. The Morgan fingerprint density at radius 1 is 0.909 bits per heavy atom. The fraction of sp³-hybridized carbons (Fsp3) is 0.192. The van der Waals surface area contributed by atoms with Crippen LogP contribution in [0.2, 0.25) is 0 Å². The van der Waals surface area contributed by atoms with Crippen molar-refractivity contribution in [2.75, 3.05) is 6.61 Å². The summed E-state index contributed by atoms with van der Waals surface area (Å²) in [6.07, 6.45) is -0.360. The van der Waals surface area contributed by atoms with Gasteiger partial charge >= 0.3 is 17.6 Å². The molecule has 3 aromatic carbocycles. The van der Waals surface area contributed by atoms with Gasteiger partial charge in [0.2, 0.25) is 0 Å². The molecule has 0 N–H and O–H groups in total. The molecule has 0 saturated heterocycles. The lowest BCUT2D eigenvalue weighted by molar-refractivity contribution is 0.0374. The monoisotopic (exact) mass is 446 g/mol. The minimum atomic E-state index is -0.936. The molecule has 4 rings (SSSR count). The van der Waals surface area contributed by atoms with E-state index in [1.54, 1.807) is 50.2 Å². The lowest BCUT2D eigenvalue weighted by atomic mass is 10.1. The largest absolute Gasteiger partial charge is 0.494 e. The maximum absolute atomic E-state index is 13.0. The summed E-state index contributed by atoms with van der Waals surface area (Å²) < 4.78 is 21.7. The van der Waals surface area contributed by atoms with Crippen LogP contribution in [-0.4, -0.2) is 24.6 Å². The van der Waals surface area contributed by atoms with E-state index in [2.05, 4.69) is 0 Å². The summed E-state index contributed by atoms with van der Waals surface area (Å²) in [4.78, 5) is 38.3. The molecular weight excluding hydrogens is 424 g/mol. The SMILES string of the molecule is CCOc1ccc2cc(C(=O)Oc3c(C(=O)OC(C)C)ccc4ccccc34)c(=O)oc2c1. The van der Waals surface area contributed by atoms with Gasteiger partial charge in [0.15, 0.2) is 5.75 Å². The van der Waals surface area contributed by atoms with E-state index in [0.29, 0.717) is 23.1 Å². The molecule has 33 heavy (non-hydrogen) atoms. The van der Waals surface area contributed by atoms with E-state index in [9.17, 15) is 14.4 Å². The van der Waals surface area contributed by atoms with Gasteiger partial charge in [-0.15, -0.1) is 0 Å². The van der Waals surface area contributed by atoms with Crippen LogP contribution in [0.5, 0.6) is 11.5 Å². The van der Waals surface area contributed by atoms with Crippen LogP contribution in [0, 0.1) is 0 Å². The Balaban J connectivity index is 1.76. The van der Waals surface area contributed by atoms with Gasteiger partial charge in [-0.05, 0) is 50.4 Å². The Morgan fingerprint density at radius 3 is 2.42 bits per heavy atom. The summed E-state index contributed by atoms with van der Waals surface area (Å²) in [6.45, 7) is 5.76. The Bertz CT molecular complexity index is 1420. The molecule has 1 aromatic heterocycles. The van der Waals surface area contributed by atoms with E-state index in [1.165, 1.54) is 12.1 Å². The van der Waals surface area contributed by atoms with Gasteiger partial charge in [0.25, 0.3) is 0 Å². The number of hydrogen-bond acceptors (Lipinski definition) is 7. The Morgan fingerprint density at radius 2 is 1.67 bits per heavy atom. The first-order valence-electron chi connectivity index (χ1n) is 10.5. The lowest BCUT2D eigenvalue weighted by Crippen LogP contribution is -2.20. The van der Waals surface area contributed by atoms with Crippen molar-refractivity contribution in [1.29, 1.82) is 0 Å². The van der Waals surface area contributed by atoms with Crippen LogP contribution in [-0.2, 0) is 4.74 Å². The highest BCUT2D eigenvalue weighted by atomic mass is 16.6. The Kier molecular flexibility index (Phi) is 6.13. The first kappa shape index (κ1) is 22.1. The van der Waals surface area contributed by atoms with E-state index in [1.807, 2.05) is 19.1 Å². The molecule has 0 amide bonds. The standard InChI is InChI=1S/C26H22O7/c1-4-30-18-11-9-17-13-21(25(28)32-22(17)14-18)26(29)33-23-19-8-6-5-7-16(19)10-12-20(23)24(27)31-15(2)3/h5-15H,4H2,1-3H3. The van der Waals surface area contributed by atoms with Gasteiger partial charge in [0, 0.05) is 16.8 Å². The zero-order chi connectivity index (χ0) is 23.5. The van der Waals surface area contributed by atoms with Crippen LogP contribution in [0.25, 0.3) is 21.7 Å². The summed E-state index contributed by atoms with van der Waals surface area (Å²) in [7, 11) is 0. The van der Waals surface area contributed by atoms with E-state index in [0.717, 1.165) is 5.39 Å². The second kappa shape index (κ2) is 9.16. The van der Waals surface area contributed by atoms with Crippen molar-refractivity contribution >= 4 is 33.7 Å². The van der Waals surface area contributed by atoms with Crippen LogP contribution in [0.1, 0.15) is 41.5 Å². The van der Waals surface area contributed by atoms with Crippen molar-refractivity contribution in [3.63, 3.8) is 0 Å². The quantitative estimate of drug-likeness (QED) is 0.230. The fourth-order valence-corrected chi connectivity index (χ4v) is 3.43. The van der Waals surface area contributed by atoms with Crippen molar-refractivity contribution in [1.82, 2.24) is 0 Å². The molecule has 0 fully saturated rings. The van der Waals surface area contributed by atoms with E-state index in [4.69, 9.17) is 18.6 Å². The maximum Gasteiger partial charge on any atom is 0.351 e. The molecule has 0 bridgehead atoms. The van der Waals surface area contributed by atoms with Gasteiger partial charge in [0.1, 0.15) is 22.5 Å². The van der Waals surface area contributed by atoms with E-state index >= 15 is 0 Å². The van der Waals surface area contributed by atoms with Gasteiger partial charge in [-0.1, -0.05) is 30.3 Å². The van der Waals surface area contributed by atoms with Crippen molar-refractivity contribution in [2.24, 2.45) is 0 Å². The van der Waals surface area contributed by atoms with Crippen molar-refractivity contribution in [3.8, 4) is 11.5 Å². The molecular formula is C26H22O7. The molecule has 7 nitrogen and oxygen atoms in total. The third-order valence-corrected chi connectivity index (χ3v) is 4.88. The zero-order valence-electron chi connectivity index (χ0n) is 18.4. The second-order valence-corrected chi connectivity index (χ2v) is 7.59. The molecule has 7 heteroatoms. The number of rotatable bonds is 6. The van der Waals surface area contributed by atoms with E-state index < -0.39 is 17.6 Å². The Labute approximate surface area is 189 Å². The number of carbonyl (C=O) groups excluding carboxylic acids is 2. The van der Waals surface area contributed by atoms with Crippen molar-refractivity contribution in [2.45, 2.75) is 26.9 Å². The van der Waals surface area contributed by atoms with Crippen LogP contribution < -0.4 is 15.1 Å². The minimum absolute atomic E-state index is 0.0231. The summed E-state index contributed by atoms with van der Waals surface area (Å²) in [6, 6.07) is 16.8. The van der Waals surface area contributed by atoms with Gasteiger partial charge in [-0.3, -0.25) is 0 Å². The highest BCUT2D eigenvalue weighted by Crippen LogP contribution is 2.31. The second-order valence-electron chi connectivity index (χ2n) is 7.59. The van der Waals surface area contributed by atoms with Crippen LogP contribution in [0.4, 0.5) is 0 Å². The van der Waals surface area contributed by atoms with Gasteiger partial charge < -0.3 is 18.6 Å². The average molecular weight is 446 g/mol. The summed E-state index contributed by atoms with van der Waals surface area (Å²) in [5, 5.41) is 1.83. The third-order valence-electron chi connectivity index (χ3n) is 4.88. The molecule has 0 radical (unpaired) electrons. The third kappa shape index (κ3) is 4.57. The van der Waals surface area contributed by atoms with Gasteiger partial charge in [-0.2, -0.15) is 0 Å². The average Bonchev–Trinajstić information content (AvgIpc) is 2.78. The van der Waals surface area contributed by atoms with Crippen LogP contribution in [0.3, 0.4) is 0 Å². The predicted molar refractivity (Wildman–Crippen MR) is 123 cm³/mol. The molecule has 0 aliphatic rings. The molecule has 0 unspecified atom stereocenters. The molecule has 0 saturated carbocycles. The van der Waals surface area contributed by atoms with Gasteiger partial charge in [0.05, 0.1) is 12.7 Å². The number of hydrogen-bond donors (Lipinski definition) is 0. The number of benzene rings is 3. The maximum atomic E-state index is 13.0. The number of fused-ring (bicyclic) bond motifs is 2. The molecule has 4 aromatic rings. The molecule has 168 valence electrons. The first-order valence-corrected chi connectivity index (χ1v) is 10.5. The normalized spacial score (nSPS) is 11.0. The first-order chi connectivity index (χ1) is 15.9. The number of carbonyl (C=O) groups is 2. The van der Waals surface area contributed by atoms with Crippen LogP contribution >= 0.6 is 0 Å². The highest BCUT2D eigenvalue weighted by molar-refractivity contribution is 6.04. The van der Waals surface area contributed by atoms with E-state index in [-0.39, 0.29) is 28.6 Å². The number of ether oxygens (including phenoxy) is 3. The number of esters is 2. The van der Waals surface area contributed by atoms with Crippen molar-refractivity contribution < 1.29 is 28.2 Å². The van der Waals surface area contributed by atoms with Crippen LogP contribution in [0.15, 0.2) is 69.9 Å². The smallest absolute Gasteiger partial charge is 0.351 e.